The maximum atomic E-state index is 11.8. The van der Waals surface area contributed by atoms with Crippen molar-refractivity contribution in [1.29, 1.82) is 0 Å². The Balaban J connectivity index is 1.46. The Morgan fingerprint density at radius 2 is 2.07 bits per heavy atom. The molecule has 0 bridgehead atoms. The maximum absolute atomic E-state index is 11.8. The smallest absolute Gasteiger partial charge is 0.407 e. The number of nitro benzene ring substituents is 1. The van der Waals surface area contributed by atoms with Gasteiger partial charge in [0.2, 0.25) is 5.91 Å². The van der Waals surface area contributed by atoms with E-state index in [4.69, 9.17) is 15.2 Å². The number of hydrogen-bond acceptors (Lipinski definition) is 7. The van der Waals surface area contributed by atoms with Gasteiger partial charge in [-0.2, -0.15) is 0 Å². The topological polar surface area (TPSA) is 146 Å². The normalized spacial score (nSPS) is 14.6. The van der Waals surface area contributed by atoms with E-state index in [1.54, 1.807) is 0 Å². The van der Waals surface area contributed by atoms with Gasteiger partial charge in [0.1, 0.15) is 12.4 Å². The monoisotopic (exact) mass is 414 g/mol. The van der Waals surface area contributed by atoms with E-state index in [9.17, 15) is 19.7 Å². The zero-order valence-corrected chi connectivity index (χ0v) is 16.1. The van der Waals surface area contributed by atoms with Crippen molar-refractivity contribution in [2.75, 3.05) is 18.5 Å². The fourth-order valence-electron chi connectivity index (χ4n) is 3.05. The Hall–Kier alpha value is -3.82. The van der Waals surface area contributed by atoms with Crippen LogP contribution in [0.2, 0.25) is 0 Å². The van der Waals surface area contributed by atoms with Crippen LogP contribution in [0.5, 0.6) is 5.75 Å². The molecule has 1 aliphatic heterocycles. The van der Waals surface area contributed by atoms with Gasteiger partial charge in [0.05, 0.1) is 17.6 Å². The highest BCUT2D eigenvalue weighted by atomic mass is 16.6. The first-order valence-electron chi connectivity index (χ1n) is 9.40. The summed E-state index contributed by atoms with van der Waals surface area (Å²) in [5, 5.41) is 17.1. The van der Waals surface area contributed by atoms with Gasteiger partial charge in [-0.1, -0.05) is 30.3 Å². The van der Waals surface area contributed by atoms with Crippen LogP contribution < -0.4 is 21.1 Å². The Morgan fingerprint density at radius 1 is 1.30 bits per heavy atom. The number of benzene rings is 2. The summed E-state index contributed by atoms with van der Waals surface area (Å²) in [7, 11) is 0. The van der Waals surface area contributed by atoms with Crippen molar-refractivity contribution in [2.24, 2.45) is 5.73 Å². The van der Waals surface area contributed by atoms with Crippen molar-refractivity contribution in [3.63, 3.8) is 0 Å². The second-order valence-electron chi connectivity index (χ2n) is 6.76. The highest BCUT2D eigenvalue weighted by Crippen LogP contribution is 2.39. The molecule has 2 aromatic rings. The molecule has 0 aliphatic carbocycles. The van der Waals surface area contributed by atoms with Crippen molar-refractivity contribution in [1.82, 2.24) is 5.32 Å². The molecular weight excluding hydrogens is 392 g/mol. The predicted octanol–water partition coefficient (Wildman–Crippen LogP) is 2.57. The van der Waals surface area contributed by atoms with Crippen molar-refractivity contribution in [3.05, 3.63) is 63.7 Å². The minimum Gasteiger partial charge on any atom is -0.489 e. The third-order valence-corrected chi connectivity index (χ3v) is 4.56. The molecular formula is C20H22N4O6. The number of nitrogens with zero attached hydrogens (tertiary/aromatic N) is 1. The number of rotatable bonds is 8. The predicted molar refractivity (Wildman–Crippen MR) is 108 cm³/mol. The summed E-state index contributed by atoms with van der Waals surface area (Å²) in [5.74, 6) is -0.555. The second-order valence-corrected chi connectivity index (χ2v) is 6.76. The molecule has 0 aromatic heterocycles. The summed E-state index contributed by atoms with van der Waals surface area (Å²) in [6.07, 6.45) is 0.606. The van der Waals surface area contributed by atoms with Gasteiger partial charge in [0.25, 0.3) is 5.69 Å². The first-order chi connectivity index (χ1) is 14.4. The van der Waals surface area contributed by atoms with Crippen LogP contribution in [0, 0.1) is 10.1 Å². The Labute approximate surface area is 172 Å². The number of nitro groups is 1. The standard InChI is InChI=1S/C20H22N4O6/c21-19(25)14-9-16(24(27)28)18-17(10-14)30-12-15(23-18)7-4-8-29-20(26)22-11-13-5-2-1-3-6-13/h1-3,5-6,9-10,15,23H,4,7-8,11-12H2,(H2,21,25)(H,22,26)/t15-/m0/s1. The van der Waals surface area contributed by atoms with Crippen LogP contribution in [-0.4, -0.2) is 36.2 Å². The third-order valence-electron chi connectivity index (χ3n) is 4.56. The number of alkyl carbamates (subject to hydrolysis) is 1. The molecule has 0 unspecified atom stereocenters. The number of fused-ring (bicyclic) bond motifs is 1. The number of anilines is 1. The molecule has 10 nitrogen and oxygen atoms in total. The molecule has 0 spiro atoms. The molecule has 0 fully saturated rings. The van der Waals surface area contributed by atoms with Gasteiger partial charge < -0.3 is 25.8 Å². The van der Waals surface area contributed by atoms with E-state index in [2.05, 4.69) is 10.6 Å². The van der Waals surface area contributed by atoms with E-state index < -0.39 is 16.9 Å². The average Bonchev–Trinajstić information content (AvgIpc) is 2.75. The number of nitrogens with two attached hydrogens (primary N) is 1. The SMILES string of the molecule is NC(=O)c1cc2c(c([N+](=O)[O-])c1)N[C@@H](CCCOC(=O)NCc1ccccc1)CO2. The van der Waals surface area contributed by atoms with Crippen LogP contribution in [0.15, 0.2) is 42.5 Å². The van der Waals surface area contributed by atoms with Gasteiger partial charge in [-0.05, 0) is 24.5 Å². The lowest BCUT2D eigenvalue weighted by Gasteiger charge is -2.27. The summed E-state index contributed by atoms with van der Waals surface area (Å²) in [5.41, 5.74) is 6.13. The van der Waals surface area contributed by atoms with Gasteiger partial charge in [0, 0.05) is 18.2 Å². The highest BCUT2D eigenvalue weighted by molar-refractivity contribution is 5.95. The molecule has 4 N–H and O–H groups in total. The fourth-order valence-corrected chi connectivity index (χ4v) is 3.05. The summed E-state index contributed by atoms with van der Waals surface area (Å²) in [6, 6.07) is 11.8. The average molecular weight is 414 g/mol. The van der Waals surface area contributed by atoms with E-state index in [1.807, 2.05) is 30.3 Å². The first kappa shape index (κ1) is 20.9. The third kappa shape index (κ3) is 5.37. The van der Waals surface area contributed by atoms with Crippen molar-refractivity contribution in [3.8, 4) is 5.75 Å². The molecule has 2 aromatic carbocycles. The first-order valence-corrected chi connectivity index (χ1v) is 9.40. The van der Waals surface area contributed by atoms with Crippen LogP contribution >= 0.6 is 0 Å². The molecule has 2 amide bonds. The summed E-state index contributed by atoms with van der Waals surface area (Å²) in [4.78, 5) is 33.9. The van der Waals surface area contributed by atoms with Gasteiger partial charge in [-0.3, -0.25) is 14.9 Å². The summed E-state index contributed by atoms with van der Waals surface area (Å²) in [6.45, 7) is 0.840. The van der Waals surface area contributed by atoms with Gasteiger partial charge in [-0.25, -0.2) is 4.79 Å². The lowest BCUT2D eigenvalue weighted by Crippen LogP contribution is -2.32. The lowest BCUT2D eigenvalue weighted by molar-refractivity contribution is -0.384. The van der Waals surface area contributed by atoms with Crippen LogP contribution in [0.4, 0.5) is 16.2 Å². The van der Waals surface area contributed by atoms with Crippen molar-refractivity contribution < 1.29 is 24.0 Å². The fraction of sp³-hybridized carbons (Fsp3) is 0.300. The number of nitrogens with one attached hydrogen (secondary N) is 2. The highest BCUT2D eigenvalue weighted by Gasteiger charge is 2.28. The molecule has 0 saturated carbocycles. The van der Waals surface area contributed by atoms with Crippen LogP contribution in [0.1, 0.15) is 28.8 Å². The Morgan fingerprint density at radius 3 is 2.77 bits per heavy atom. The van der Waals surface area contributed by atoms with Gasteiger partial charge in [-0.15, -0.1) is 0 Å². The van der Waals surface area contributed by atoms with Gasteiger partial charge in [0.15, 0.2) is 5.69 Å². The molecule has 0 radical (unpaired) electrons. The maximum Gasteiger partial charge on any atom is 0.407 e. The summed E-state index contributed by atoms with van der Waals surface area (Å²) < 4.78 is 10.7. The Kier molecular flexibility index (Phi) is 6.68. The van der Waals surface area contributed by atoms with Crippen molar-refractivity contribution in [2.45, 2.75) is 25.4 Å². The van der Waals surface area contributed by atoms with E-state index in [1.165, 1.54) is 6.07 Å². The molecule has 158 valence electrons. The quantitative estimate of drug-likeness (QED) is 0.342. The zero-order valence-electron chi connectivity index (χ0n) is 16.1. The molecule has 3 rings (SSSR count). The van der Waals surface area contributed by atoms with Crippen LogP contribution in [0.3, 0.4) is 0 Å². The largest absolute Gasteiger partial charge is 0.489 e. The van der Waals surface area contributed by atoms with E-state index in [0.29, 0.717) is 19.4 Å². The lowest BCUT2D eigenvalue weighted by atomic mass is 10.1. The minimum absolute atomic E-state index is 0.00983. The molecule has 30 heavy (non-hydrogen) atoms. The number of carbonyl (C=O) groups is 2. The number of ether oxygens (including phenoxy) is 2. The van der Waals surface area contributed by atoms with E-state index >= 15 is 0 Å². The summed E-state index contributed by atoms with van der Waals surface area (Å²) >= 11 is 0. The molecule has 1 heterocycles. The molecule has 0 saturated heterocycles. The zero-order chi connectivity index (χ0) is 21.5. The van der Waals surface area contributed by atoms with Crippen LogP contribution in [0.25, 0.3) is 0 Å². The van der Waals surface area contributed by atoms with E-state index in [0.717, 1.165) is 11.6 Å². The molecule has 10 heteroatoms. The van der Waals surface area contributed by atoms with Gasteiger partial charge >= 0.3 is 6.09 Å². The molecule has 1 aliphatic rings. The van der Waals surface area contributed by atoms with E-state index in [-0.39, 0.29) is 41.9 Å². The number of primary amides is 1. The number of amides is 2. The number of hydrogen-bond donors (Lipinski definition) is 3. The van der Waals surface area contributed by atoms with Crippen molar-refractivity contribution >= 4 is 23.4 Å². The molecule has 1 atom stereocenters. The Bertz CT molecular complexity index is 934. The minimum atomic E-state index is -0.769. The number of carbonyl (C=O) groups excluding carboxylic acids is 2. The van der Waals surface area contributed by atoms with Crippen LogP contribution in [-0.2, 0) is 11.3 Å². The second kappa shape index (κ2) is 9.59.